The van der Waals surface area contributed by atoms with Crippen molar-refractivity contribution in [2.75, 3.05) is 38.0 Å². The van der Waals surface area contributed by atoms with Gasteiger partial charge in [0.15, 0.2) is 11.4 Å². The van der Waals surface area contributed by atoms with Gasteiger partial charge in [-0.15, -0.1) is 0 Å². The number of benzene rings is 2. The van der Waals surface area contributed by atoms with E-state index in [1.165, 1.54) is 0 Å². The number of nitriles is 2. The van der Waals surface area contributed by atoms with Gasteiger partial charge in [0.1, 0.15) is 18.0 Å². The number of hydrogen-bond acceptors (Lipinski definition) is 5. The maximum Gasteiger partial charge on any atom is 0.177 e. The van der Waals surface area contributed by atoms with Crippen molar-refractivity contribution in [3.8, 4) is 35.8 Å². The molecule has 1 heterocycles. The zero-order valence-corrected chi connectivity index (χ0v) is 19.9. The van der Waals surface area contributed by atoms with Crippen LogP contribution in [0.15, 0.2) is 54.1 Å². The van der Waals surface area contributed by atoms with Crippen LogP contribution in [0, 0.1) is 46.3 Å². The molecule has 3 aromatic rings. The molecule has 0 aliphatic carbocycles. The molecule has 0 spiro atoms. The van der Waals surface area contributed by atoms with Crippen molar-refractivity contribution >= 4 is 17.5 Å². The highest BCUT2D eigenvalue weighted by atomic mass is 15.1. The first-order valence-electron chi connectivity index (χ1n) is 10.5. The third-order valence-electron chi connectivity index (χ3n) is 5.07. The van der Waals surface area contributed by atoms with E-state index in [0.29, 0.717) is 11.4 Å². The number of allylic oxidation sites excluding steroid dienone is 1. The van der Waals surface area contributed by atoms with Crippen molar-refractivity contribution in [3.05, 3.63) is 82.4 Å². The Kier molecular flexibility index (Phi) is 7.41. The summed E-state index contributed by atoms with van der Waals surface area (Å²) in [6.07, 6.45) is 1.70. The van der Waals surface area contributed by atoms with Gasteiger partial charge in [0.2, 0.25) is 0 Å². The van der Waals surface area contributed by atoms with E-state index in [1.54, 1.807) is 17.7 Å². The molecule has 0 unspecified atom stereocenters. The van der Waals surface area contributed by atoms with Crippen molar-refractivity contribution in [2.45, 2.75) is 0 Å². The molecule has 0 atom stereocenters. The largest absolute Gasteiger partial charge is 0.378 e. The molecule has 6 heteroatoms. The Labute approximate surface area is 201 Å². The van der Waals surface area contributed by atoms with Gasteiger partial charge in [-0.25, -0.2) is 4.98 Å². The highest BCUT2D eigenvalue weighted by Gasteiger charge is 2.12. The van der Waals surface area contributed by atoms with Crippen molar-refractivity contribution < 1.29 is 0 Å². The zero-order chi connectivity index (χ0) is 24.7. The van der Waals surface area contributed by atoms with Gasteiger partial charge in [0, 0.05) is 63.8 Å². The van der Waals surface area contributed by atoms with Crippen LogP contribution in [0.1, 0.15) is 28.3 Å². The summed E-state index contributed by atoms with van der Waals surface area (Å²) < 4.78 is 1.57. The lowest BCUT2D eigenvalue weighted by atomic mass is 10.1. The van der Waals surface area contributed by atoms with Crippen LogP contribution in [-0.2, 0) is 7.05 Å². The number of hydrogen-bond donors (Lipinski definition) is 0. The Morgan fingerprint density at radius 3 is 1.62 bits per heavy atom. The van der Waals surface area contributed by atoms with E-state index in [9.17, 15) is 10.5 Å². The topological polar surface area (TPSA) is 71.9 Å². The molecular weight excluding hydrogens is 420 g/mol. The molecule has 166 valence electrons. The Hall–Kier alpha value is -4.91. The van der Waals surface area contributed by atoms with Crippen LogP contribution >= 0.6 is 0 Å². The maximum atomic E-state index is 9.36. The van der Waals surface area contributed by atoms with Crippen molar-refractivity contribution in [3.63, 3.8) is 0 Å². The third kappa shape index (κ3) is 5.66. The first kappa shape index (κ1) is 23.7. The molecule has 0 bridgehead atoms. The monoisotopic (exact) mass is 444 g/mol. The second-order valence-electron chi connectivity index (χ2n) is 7.89. The fourth-order valence-electron chi connectivity index (χ4n) is 3.05. The average molecular weight is 445 g/mol. The molecule has 0 N–H and O–H groups in total. The van der Waals surface area contributed by atoms with E-state index in [0.717, 1.165) is 22.5 Å². The third-order valence-corrected chi connectivity index (χ3v) is 5.07. The molecular formula is C28H24N6. The van der Waals surface area contributed by atoms with Crippen LogP contribution in [0.5, 0.6) is 0 Å². The second-order valence-corrected chi connectivity index (χ2v) is 7.89. The SMILES string of the molecule is CN(C)c1ccc(C#CC(C#Cc2ccc(N(C)C)cc2)=Cc2nc(C#N)c(C#N)n2C)cc1. The van der Waals surface area contributed by atoms with Crippen molar-refractivity contribution in [1.29, 1.82) is 10.5 Å². The van der Waals surface area contributed by atoms with Gasteiger partial charge in [0.05, 0.1) is 5.57 Å². The second kappa shape index (κ2) is 10.6. The first-order valence-corrected chi connectivity index (χ1v) is 10.5. The van der Waals surface area contributed by atoms with Crippen LogP contribution in [0.3, 0.4) is 0 Å². The predicted octanol–water partition coefficient (Wildman–Crippen LogP) is 3.78. The molecule has 0 saturated heterocycles. The highest BCUT2D eigenvalue weighted by Crippen LogP contribution is 2.15. The van der Waals surface area contributed by atoms with Crippen LogP contribution in [0.25, 0.3) is 6.08 Å². The standard InChI is InChI=1S/C28H24N6/c1-32(2)24-14-10-21(11-15-24)6-8-23(9-7-22-12-16-25(17-13-22)33(3)4)18-28-31-26(19-29)27(20-30)34(28)5/h10-18H,1-5H3. The molecule has 2 aromatic carbocycles. The number of aromatic nitrogens is 2. The van der Waals surface area contributed by atoms with E-state index in [4.69, 9.17) is 0 Å². The number of anilines is 2. The van der Waals surface area contributed by atoms with Crippen LogP contribution in [-0.4, -0.2) is 37.7 Å². The van der Waals surface area contributed by atoms with E-state index in [2.05, 4.69) is 28.7 Å². The number of rotatable bonds is 3. The lowest BCUT2D eigenvalue weighted by Crippen LogP contribution is -2.07. The summed E-state index contributed by atoms with van der Waals surface area (Å²) >= 11 is 0. The molecule has 1 aromatic heterocycles. The van der Waals surface area contributed by atoms with E-state index in [-0.39, 0.29) is 11.4 Å². The van der Waals surface area contributed by atoms with E-state index >= 15 is 0 Å². The van der Waals surface area contributed by atoms with Gasteiger partial charge in [-0.2, -0.15) is 10.5 Å². The fourth-order valence-corrected chi connectivity index (χ4v) is 3.05. The Morgan fingerprint density at radius 1 is 0.794 bits per heavy atom. The maximum absolute atomic E-state index is 9.36. The predicted molar refractivity (Wildman–Crippen MR) is 136 cm³/mol. The molecule has 0 fully saturated rings. The summed E-state index contributed by atoms with van der Waals surface area (Å²) in [6, 6.07) is 19.8. The normalized spacial score (nSPS) is 9.38. The average Bonchev–Trinajstić information content (AvgIpc) is 3.15. The van der Waals surface area contributed by atoms with Gasteiger partial charge in [-0.05, 0) is 48.5 Å². The van der Waals surface area contributed by atoms with Gasteiger partial charge in [0.25, 0.3) is 0 Å². The highest BCUT2D eigenvalue weighted by molar-refractivity contribution is 5.65. The van der Waals surface area contributed by atoms with E-state index in [1.807, 2.05) is 98.7 Å². The summed E-state index contributed by atoms with van der Waals surface area (Å²) in [6.45, 7) is 0. The fraction of sp³-hybridized carbons (Fsp3) is 0.179. The molecule has 0 aliphatic heterocycles. The van der Waals surface area contributed by atoms with Crippen molar-refractivity contribution in [1.82, 2.24) is 9.55 Å². The number of imidazole rings is 1. The minimum Gasteiger partial charge on any atom is -0.378 e. The van der Waals surface area contributed by atoms with Gasteiger partial charge < -0.3 is 14.4 Å². The van der Waals surface area contributed by atoms with Gasteiger partial charge >= 0.3 is 0 Å². The molecule has 34 heavy (non-hydrogen) atoms. The van der Waals surface area contributed by atoms with Crippen LogP contribution in [0.2, 0.25) is 0 Å². The Morgan fingerprint density at radius 2 is 1.26 bits per heavy atom. The molecule has 0 aliphatic rings. The smallest absolute Gasteiger partial charge is 0.177 e. The van der Waals surface area contributed by atoms with Gasteiger partial charge in [-0.3, -0.25) is 0 Å². The number of nitrogens with zero attached hydrogens (tertiary/aromatic N) is 6. The minimum absolute atomic E-state index is 0.0788. The summed E-state index contributed by atoms with van der Waals surface area (Å²) in [5.74, 6) is 13.0. The summed E-state index contributed by atoms with van der Waals surface area (Å²) in [4.78, 5) is 8.32. The summed E-state index contributed by atoms with van der Waals surface area (Å²) in [7, 11) is 9.64. The van der Waals surface area contributed by atoms with Crippen LogP contribution < -0.4 is 9.80 Å². The minimum atomic E-state index is 0.0788. The lowest BCUT2D eigenvalue weighted by molar-refractivity contribution is 0.881. The quantitative estimate of drug-likeness (QED) is 0.575. The molecule has 6 nitrogen and oxygen atoms in total. The summed E-state index contributed by atoms with van der Waals surface area (Å²) in [5.41, 5.74) is 4.68. The molecule has 0 amide bonds. The van der Waals surface area contributed by atoms with E-state index < -0.39 is 0 Å². The first-order chi connectivity index (χ1) is 16.3. The molecule has 0 radical (unpaired) electrons. The molecule has 3 rings (SSSR count). The Balaban J connectivity index is 2.03. The zero-order valence-electron chi connectivity index (χ0n) is 19.9. The van der Waals surface area contributed by atoms with Crippen LogP contribution in [0.4, 0.5) is 11.4 Å². The molecule has 0 saturated carbocycles. The lowest BCUT2D eigenvalue weighted by Gasteiger charge is -2.11. The Bertz CT molecular complexity index is 1340. The summed E-state index contributed by atoms with van der Waals surface area (Å²) in [5, 5.41) is 18.6. The van der Waals surface area contributed by atoms with Gasteiger partial charge in [-0.1, -0.05) is 23.7 Å². The van der Waals surface area contributed by atoms with Crippen molar-refractivity contribution in [2.24, 2.45) is 7.05 Å².